The van der Waals surface area contributed by atoms with Gasteiger partial charge in [0.2, 0.25) is 0 Å². The molecule has 0 saturated heterocycles. The zero-order valence-electron chi connectivity index (χ0n) is 14.4. The Morgan fingerprint density at radius 1 is 0.852 bits per heavy atom. The summed E-state index contributed by atoms with van der Waals surface area (Å²) in [5.74, 6) is -0.0314. The van der Waals surface area contributed by atoms with Crippen LogP contribution in [0.1, 0.15) is 15.9 Å². The molecule has 2 N–H and O–H groups in total. The number of hydrogen-bond acceptors (Lipinski definition) is 4. The molecule has 3 aromatic carbocycles. The van der Waals surface area contributed by atoms with Crippen molar-refractivity contribution in [1.82, 2.24) is 0 Å². The molecule has 0 spiro atoms. The third-order valence-corrected chi connectivity index (χ3v) is 5.17. The van der Waals surface area contributed by atoms with E-state index in [1.807, 2.05) is 6.92 Å². The third kappa shape index (κ3) is 4.65. The zero-order valence-corrected chi connectivity index (χ0v) is 15.2. The summed E-state index contributed by atoms with van der Waals surface area (Å²) in [4.78, 5) is 11.0. The second kappa shape index (κ2) is 7.51. The van der Waals surface area contributed by atoms with Crippen LogP contribution in [0.4, 0.5) is 5.69 Å². The van der Waals surface area contributed by atoms with Crippen LogP contribution in [0.3, 0.4) is 0 Å². The predicted octanol–water partition coefficient (Wildman–Crippen LogP) is 4.29. The monoisotopic (exact) mass is 383 g/mol. The van der Waals surface area contributed by atoms with E-state index < -0.39 is 16.0 Å². The molecule has 3 aromatic rings. The summed E-state index contributed by atoms with van der Waals surface area (Å²) in [5, 5.41) is 8.89. The van der Waals surface area contributed by atoms with Crippen molar-refractivity contribution in [2.24, 2.45) is 0 Å². The second-order valence-corrected chi connectivity index (χ2v) is 7.56. The van der Waals surface area contributed by atoms with Gasteiger partial charge in [0.1, 0.15) is 11.5 Å². The Bertz CT molecular complexity index is 1040. The molecule has 3 rings (SSSR count). The first-order chi connectivity index (χ1) is 12.8. The molecule has 0 saturated carbocycles. The van der Waals surface area contributed by atoms with Gasteiger partial charge >= 0.3 is 5.97 Å². The van der Waals surface area contributed by atoms with E-state index in [4.69, 9.17) is 9.84 Å². The number of sulfonamides is 1. The Kier molecular flexibility index (Phi) is 5.14. The van der Waals surface area contributed by atoms with E-state index in [0.717, 1.165) is 5.56 Å². The molecule has 0 unspecified atom stereocenters. The van der Waals surface area contributed by atoms with E-state index in [0.29, 0.717) is 17.2 Å². The number of aromatic carboxylic acids is 1. The van der Waals surface area contributed by atoms with Crippen molar-refractivity contribution in [2.75, 3.05) is 4.72 Å². The number of hydrogen-bond donors (Lipinski definition) is 2. The van der Waals surface area contributed by atoms with Crippen molar-refractivity contribution < 1.29 is 23.1 Å². The number of benzene rings is 3. The van der Waals surface area contributed by atoms with Gasteiger partial charge in [-0.15, -0.1) is 0 Å². The van der Waals surface area contributed by atoms with Crippen LogP contribution >= 0.6 is 0 Å². The largest absolute Gasteiger partial charge is 0.478 e. The molecular formula is C20H17NO5S. The standard InChI is InChI=1S/C20H17NO5S/c1-14-2-12-19(13-3-14)27(24,25)21-16-6-10-18(11-7-16)26-17-8-4-15(5-9-17)20(22)23/h2-13,21H,1H3,(H,22,23). The van der Waals surface area contributed by atoms with Crippen molar-refractivity contribution in [3.8, 4) is 11.5 Å². The Morgan fingerprint density at radius 3 is 1.89 bits per heavy atom. The maximum absolute atomic E-state index is 12.4. The lowest BCUT2D eigenvalue weighted by Crippen LogP contribution is -2.12. The lowest BCUT2D eigenvalue weighted by atomic mass is 10.2. The lowest BCUT2D eigenvalue weighted by Gasteiger charge is -2.10. The normalized spacial score (nSPS) is 11.0. The highest BCUT2D eigenvalue weighted by atomic mass is 32.2. The van der Waals surface area contributed by atoms with Crippen molar-refractivity contribution in [2.45, 2.75) is 11.8 Å². The molecule has 0 bridgehead atoms. The molecule has 138 valence electrons. The SMILES string of the molecule is Cc1ccc(S(=O)(=O)Nc2ccc(Oc3ccc(C(=O)O)cc3)cc2)cc1. The molecule has 6 nitrogen and oxygen atoms in total. The molecule has 27 heavy (non-hydrogen) atoms. The molecule has 0 aliphatic rings. The van der Waals surface area contributed by atoms with Gasteiger partial charge in [-0.2, -0.15) is 0 Å². The maximum Gasteiger partial charge on any atom is 0.335 e. The summed E-state index contributed by atoms with van der Waals surface area (Å²) >= 11 is 0. The van der Waals surface area contributed by atoms with Gasteiger partial charge in [-0.05, 0) is 67.6 Å². The van der Waals surface area contributed by atoms with Crippen LogP contribution in [0.5, 0.6) is 11.5 Å². The van der Waals surface area contributed by atoms with Crippen LogP contribution in [0.15, 0.2) is 77.7 Å². The van der Waals surface area contributed by atoms with Crippen LogP contribution in [0.2, 0.25) is 0 Å². The molecule has 0 aliphatic carbocycles. The van der Waals surface area contributed by atoms with Gasteiger partial charge < -0.3 is 9.84 Å². The molecule has 0 radical (unpaired) electrons. The van der Waals surface area contributed by atoms with Crippen LogP contribution in [0, 0.1) is 6.92 Å². The minimum Gasteiger partial charge on any atom is -0.478 e. The van der Waals surface area contributed by atoms with Crippen molar-refractivity contribution in [1.29, 1.82) is 0 Å². The van der Waals surface area contributed by atoms with Gasteiger partial charge in [-0.1, -0.05) is 17.7 Å². The Balaban J connectivity index is 1.69. The van der Waals surface area contributed by atoms with Gasteiger partial charge in [0, 0.05) is 5.69 Å². The minimum atomic E-state index is -3.66. The Labute approximate surface area is 157 Å². The predicted molar refractivity (Wildman–Crippen MR) is 102 cm³/mol. The second-order valence-electron chi connectivity index (χ2n) is 5.87. The summed E-state index contributed by atoms with van der Waals surface area (Å²) in [6.07, 6.45) is 0. The van der Waals surface area contributed by atoms with Gasteiger partial charge in [0.05, 0.1) is 10.5 Å². The summed E-state index contributed by atoms with van der Waals surface area (Å²) in [6, 6.07) is 19.0. The Hall–Kier alpha value is -3.32. The number of carboxylic acid groups (broad SMARTS) is 1. The van der Waals surface area contributed by atoms with Crippen molar-refractivity contribution >= 4 is 21.7 Å². The van der Waals surface area contributed by atoms with E-state index in [9.17, 15) is 13.2 Å². The smallest absolute Gasteiger partial charge is 0.335 e. The fourth-order valence-electron chi connectivity index (χ4n) is 2.32. The molecule has 0 heterocycles. The number of anilines is 1. The molecule has 0 atom stereocenters. The number of aryl methyl sites for hydroxylation is 1. The maximum atomic E-state index is 12.4. The van der Waals surface area contributed by atoms with Crippen molar-refractivity contribution in [3.05, 3.63) is 83.9 Å². The van der Waals surface area contributed by atoms with Crippen LogP contribution in [0.25, 0.3) is 0 Å². The van der Waals surface area contributed by atoms with Crippen LogP contribution in [-0.4, -0.2) is 19.5 Å². The summed E-state index contributed by atoms with van der Waals surface area (Å²) < 4.78 is 32.9. The van der Waals surface area contributed by atoms with E-state index in [2.05, 4.69) is 4.72 Å². The average molecular weight is 383 g/mol. The Morgan fingerprint density at radius 2 is 1.37 bits per heavy atom. The molecule has 0 aliphatic heterocycles. The number of ether oxygens (including phenoxy) is 1. The van der Waals surface area contributed by atoms with Crippen LogP contribution in [-0.2, 0) is 10.0 Å². The fraction of sp³-hybridized carbons (Fsp3) is 0.0500. The third-order valence-electron chi connectivity index (χ3n) is 3.77. The first kappa shape index (κ1) is 18.5. The lowest BCUT2D eigenvalue weighted by molar-refractivity contribution is 0.0697. The van der Waals surface area contributed by atoms with Gasteiger partial charge in [-0.25, -0.2) is 13.2 Å². The molecular weight excluding hydrogens is 366 g/mol. The van der Waals surface area contributed by atoms with E-state index in [1.165, 1.54) is 12.1 Å². The minimum absolute atomic E-state index is 0.170. The number of nitrogens with one attached hydrogen (secondary N) is 1. The highest BCUT2D eigenvalue weighted by Gasteiger charge is 2.13. The summed E-state index contributed by atoms with van der Waals surface area (Å²) in [7, 11) is -3.66. The molecule has 7 heteroatoms. The molecule has 0 aromatic heterocycles. The topological polar surface area (TPSA) is 92.7 Å². The summed E-state index contributed by atoms with van der Waals surface area (Å²) in [6.45, 7) is 1.89. The van der Waals surface area contributed by atoms with E-state index in [1.54, 1.807) is 60.7 Å². The van der Waals surface area contributed by atoms with Gasteiger partial charge in [0.25, 0.3) is 10.0 Å². The van der Waals surface area contributed by atoms with Crippen molar-refractivity contribution in [3.63, 3.8) is 0 Å². The zero-order chi connectivity index (χ0) is 19.4. The quantitative estimate of drug-likeness (QED) is 0.662. The highest BCUT2D eigenvalue weighted by Crippen LogP contribution is 2.24. The average Bonchev–Trinajstić information content (AvgIpc) is 2.64. The van der Waals surface area contributed by atoms with E-state index in [-0.39, 0.29) is 10.5 Å². The number of carbonyl (C=O) groups is 1. The summed E-state index contributed by atoms with van der Waals surface area (Å²) in [5.41, 5.74) is 1.55. The number of carboxylic acids is 1. The molecule has 0 amide bonds. The van der Waals surface area contributed by atoms with Gasteiger partial charge in [-0.3, -0.25) is 4.72 Å². The first-order valence-electron chi connectivity index (χ1n) is 8.04. The first-order valence-corrected chi connectivity index (χ1v) is 9.52. The van der Waals surface area contributed by atoms with Gasteiger partial charge in [0.15, 0.2) is 0 Å². The number of rotatable bonds is 6. The molecule has 0 fully saturated rings. The van der Waals surface area contributed by atoms with Crippen LogP contribution < -0.4 is 9.46 Å². The van der Waals surface area contributed by atoms with E-state index >= 15 is 0 Å². The highest BCUT2D eigenvalue weighted by molar-refractivity contribution is 7.92. The fourth-order valence-corrected chi connectivity index (χ4v) is 3.38.